The van der Waals surface area contributed by atoms with Gasteiger partial charge in [0.25, 0.3) is 11.8 Å². The molecule has 0 radical (unpaired) electrons. The molecule has 8 aromatic rings. The fourth-order valence-corrected chi connectivity index (χ4v) is 8.59. The molecule has 74 heavy (non-hydrogen) atoms. The summed E-state index contributed by atoms with van der Waals surface area (Å²) < 4.78 is 21.2. The van der Waals surface area contributed by atoms with Crippen molar-refractivity contribution in [3.63, 3.8) is 0 Å². The number of hydrogen-bond acceptors (Lipinski definition) is 7. The maximum atomic E-state index is 13.6. The van der Waals surface area contributed by atoms with Gasteiger partial charge >= 0.3 is 5.97 Å². The number of aryl methyl sites for hydroxylation is 2. The molecule has 0 spiro atoms. The monoisotopic (exact) mass is 988 g/mol. The van der Waals surface area contributed by atoms with Crippen LogP contribution in [0.5, 0.6) is 11.5 Å². The Balaban J connectivity index is 0.000000217. The van der Waals surface area contributed by atoms with Crippen LogP contribution in [0, 0.1) is 23.7 Å². The second kappa shape index (κ2) is 25.7. The second-order valence-corrected chi connectivity index (χ2v) is 18.2. The number of aliphatic hydroxyl groups excluding tert-OH is 1. The van der Waals surface area contributed by atoms with Crippen molar-refractivity contribution in [2.45, 2.75) is 91.8 Å². The van der Waals surface area contributed by atoms with Crippen molar-refractivity contribution in [1.82, 2.24) is 19.8 Å². The maximum Gasteiger partial charge on any atom is 0.328 e. The summed E-state index contributed by atoms with van der Waals surface area (Å²) in [5, 5.41) is 18.2. The van der Waals surface area contributed by atoms with Crippen LogP contribution in [0.4, 0.5) is 0 Å². The number of methoxy groups -OCH3 is 1. The minimum Gasteiger partial charge on any atom is -0.490 e. The van der Waals surface area contributed by atoms with Gasteiger partial charge in [0.05, 0.1) is 43.1 Å². The lowest BCUT2D eigenvalue weighted by Crippen LogP contribution is -2.43. The van der Waals surface area contributed by atoms with Crippen molar-refractivity contribution >= 4 is 39.6 Å². The number of hydrogen-bond donors (Lipinski definition) is 3. The predicted molar refractivity (Wildman–Crippen MR) is 293 cm³/mol. The number of ether oxygens (including phenoxy) is 3. The SMILES string of the molecule is CCn1cc(C[C@@H](NC(=O)c2cc(C#Cc3ccccc3)ccc2OC(C)C)C(=O)OC)c2ccccc21.CCn1cc(C[C@H](CO)NC(=O)c2cc(C#Cc3ccccc3)ccc2OC(C)C)c2ccccc21. The molecule has 0 aliphatic rings. The minimum absolute atomic E-state index is 0.0911. The van der Waals surface area contributed by atoms with Gasteiger partial charge in [-0.1, -0.05) is 96.5 Å². The molecule has 0 bridgehead atoms. The first-order valence-electron chi connectivity index (χ1n) is 25.1. The van der Waals surface area contributed by atoms with Gasteiger partial charge in [0, 0.05) is 76.0 Å². The third-order valence-electron chi connectivity index (χ3n) is 12.1. The highest BCUT2D eigenvalue weighted by Gasteiger charge is 2.27. The standard InChI is InChI=1S/C32H32N2O4.C31H32N2O3/c1-5-34-21-25(26-13-9-10-14-29(26)34)20-28(32(36)37-4)33-31(35)27-19-24(17-18-30(27)38-22(2)3)16-15-23-11-7-6-8-12-23;1-4-33-20-25(27-12-8-9-13-29(27)33)19-26(21-34)32-31(35)28-18-24(16-17-30(28)36-22(2)3)15-14-23-10-6-5-7-11-23/h6-14,17-19,21-22,28H,5,20H2,1-4H3,(H,33,35);5-13,16-18,20,22,26,34H,4,19,21H2,1-3H3,(H,32,35)/t28-;26-/m11/s1. The lowest BCUT2D eigenvalue weighted by atomic mass is 10.0. The van der Waals surface area contributed by atoms with Gasteiger partial charge in [-0.3, -0.25) is 9.59 Å². The zero-order valence-corrected chi connectivity index (χ0v) is 43.1. The fraction of sp³-hybridized carbons (Fsp3) is 0.254. The van der Waals surface area contributed by atoms with E-state index in [9.17, 15) is 19.5 Å². The highest BCUT2D eigenvalue weighted by Crippen LogP contribution is 2.27. The molecule has 0 unspecified atom stereocenters. The largest absolute Gasteiger partial charge is 0.490 e. The Kier molecular flexibility index (Phi) is 18.5. The summed E-state index contributed by atoms with van der Waals surface area (Å²) in [6.45, 7) is 13.3. The van der Waals surface area contributed by atoms with E-state index in [1.165, 1.54) is 7.11 Å². The van der Waals surface area contributed by atoms with Crippen LogP contribution in [0.3, 0.4) is 0 Å². The van der Waals surface area contributed by atoms with Gasteiger partial charge in [0.15, 0.2) is 0 Å². The number of nitrogens with one attached hydrogen (secondary N) is 2. The number of benzene rings is 6. The summed E-state index contributed by atoms with van der Waals surface area (Å²) in [6.07, 6.45) is 4.71. The number of nitrogens with zero attached hydrogens (tertiary/aromatic N) is 2. The normalized spacial score (nSPS) is 11.6. The first kappa shape index (κ1) is 53.3. The van der Waals surface area contributed by atoms with Gasteiger partial charge < -0.3 is 39.1 Å². The summed E-state index contributed by atoms with van der Waals surface area (Å²) in [4.78, 5) is 39.8. The molecule has 6 aromatic carbocycles. The van der Waals surface area contributed by atoms with E-state index in [1.54, 1.807) is 24.3 Å². The van der Waals surface area contributed by atoms with E-state index in [4.69, 9.17) is 14.2 Å². The van der Waals surface area contributed by atoms with E-state index in [-0.39, 0.29) is 24.7 Å². The number of para-hydroxylation sites is 2. The van der Waals surface area contributed by atoms with E-state index >= 15 is 0 Å². The zero-order valence-electron chi connectivity index (χ0n) is 43.1. The average molecular weight is 989 g/mol. The molecule has 2 aromatic heterocycles. The van der Waals surface area contributed by atoms with Crippen LogP contribution in [0.15, 0.2) is 158 Å². The molecule has 0 fully saturated rings. The highest BCUT2D eigenvalue weighted by molar-refractivity contribution is 6.00. The van der Waals surface area contributed by atoms with Crippen LogP contribution in [-0.2, 0) is 35.5 Å². The molecular formula is C63H64N4O7. The number of fused-ring (bicyclic) bond motifs is 2. The van der Waals surface area contributed by atoms with Crippen molar-refractivity contribution in [3.05, 3.63) is 202 Å². The number of aliphatic hydroxyl groups is 1. The molecule has 11 heteroatoms. The van der Waals surface area contributed by atoms with Crippen LogP contribution in [0.2, 0.25) is 0 Å². The van der Waals surface area contributed by atoms with Gasteiger partial charge in [-0.2, -0.15) is 0 Å². The van der Waals surface area contributed by atoms with Crippen LogP contribution in [-0.4, -0.2) is 70.0 Å². The smallest absolute Gasteiger partial charge is 0.328 e. The van der Waals surface area contributed by atoms with Crippen molar-refractivity contribution < 1.29 is 33.7 Å². The maximum absolute atomic E-state index is 13.6. The molecule has 3 N–H and O–H groups in total. The van der Waals surface area contributed by atoms with Gasteiger partial charge in [-0.05, 0) is 132 Å². The molecule has 0 saturated carbocycles. The summed E-state index contributed by atoms with van der Waals surface area (Å²) in [6, 6.07) is 44.9. The third kappa shape index (κ3) is 13.9. The van der Waals surface area contributed by atoms with Crippen molar-refractivity contribution in [3.8, 4) is 35.2 Å². The molecule has 0 saturated heterocycles. The van der Waals surface area contributed by atoms with Crippen LogP contribution in [0.1, 0.15) is 95.6 Å². The van der Waals surface area contributed by atoms with Crippen LogP contribution < -0.4 is 20.1 Å². The number of amides is 2. The van der Waals surface area contributed by atoms with Gasteiger partial charge in [0.1, 0.15) is 17.5 Å². The Morgan fingerprint density at radius 1 is 0.541 bits per heavy atom. The van der Waals surface area contributed by atoms with Crippen molar-refractivity contribution in [2.24, 2.45) is 0 Å². The molecule has 2 amide bonds. The summed E-state index contributed by atoms with van der Waals surface area (Å²) in [5.74, 6) is 12.2. The van der Waals surface area contributed by atoms with Crippen molar-refractivity contribution in [2.75, 3.05) is 13.7 Å². The molecule has 0 aliphatic carbocycles. The number of carbonyl (C=O) groups excluding carboxylic acids is 3. The van der Waals surface area contributed by atoms with E-state index < -0.39 is 24.0 Å². The summed E-state index contributed by atoms with van der Waals surface area (Å²) in [7, 11) is 1.32. The number of esters is 1. The fourth-order valence-electron chi connectivity index (χ4n) is 8.59. The van der Waals surface area contributed by atoms with E-state index in [2.05, 4.69) is 75.6 Å². The predicted octanol–water partition coefficient (Wildman–Crippen LogP) is 10.5. The van der Waals surface area contributed by atoms with E-state index in [0.717, 1.165) is 57.1 Å². The van der Waals surface area contributed by atoms with Crippen LogP contribution >= 0.6 is 0 Å². The van der Waals surface area contributed by atoms with Gasteiger partial charge in [-0.15, -0.1) is 0 Å². The number of aromatic nitrogens is 2. The summed E-state index contributed by atoms with van der Waals surface area (Å²) in [5.41, 5.74) is 8.14. The van der Waals surface area contributed by atoms with Crippen LogP contribution in [0.25, 0.3) is 21.8 Å². The number of rotatable bonds is 16. The second-order valence-electron chi connectivity index (χ2n) is 18.2. The molecule has 2 heterocycles. The third-order valence-corrected chi connectivity index (χ3v) is 12.1. The Morgan fingerprint density at radius 2 is 0.959 bits per heavy atom. The van der Waals surface area contributed by atoms with Gasteiger partial charge in [-0.25, -0.2) is 4.79 Å². The van der Waals surface area contributed by atoms with E-state index in [0.29, 0.717) is 46.6 Å². The first-order chi connectivity index (χ1) is 35.9. The van der Waals surface area contributed by atoms with E-state index in [1.807, 2.05) is 143 Å². The summed E-state index contributed by atoms with van der Waals surface area (Å²) >= 11 is 0. The lowest BCUT2D eigenvalue weighted by Gasteiger charge is -2.19. The van der Waals surface area contributed by atoms with Gasteiger partial charge in [0.2, 0.25) is 0 Å². The topological polar surface area (TPSA) is 133 Å². The Bertz CT molecular complexity index is 3330. The quantitative estimate of drug-likeness (QED) is 0.0649. The Morgan fingerprint density at radius 3 is 1.39 bits per heavy atom. The Hall–Kier alpha value is -8.51. The highest BCUT2D eigenvalue weighted by atomic mass is 16.5. The first-order valence-corrected chi connectivity index (χ1v) is 25.1. The average Bonchev–Trinajstić information content (AvgIpc) is 3.96. The molecule has 8 rings (SSSR count). The molecule has 0 aliphatic heterocycles. The Labute approximate surface area is 434 Å². The zero-order chi connectivity index (χ0) is 52.6. The van der Waals surface area contributed by atoms with Crippen molar-refractivity contribution in [1.29, 1.82) is 0 Å². The molecule has 378 valence electrons. The molecule has 2 atom stereocenters. The lowest BCUT2D eigenvalue weighted by molar-refractivity contribution is -0.142. The minimum atomic E-state index is -0.880. The molecule has 11 nitrogen and oxygen atoms in total. The number of carbonyl (C=O) groups is 3. The molecular weight excluding hydrogens is 925 g/mol.